The molecule has 17 heavy (non-hydrogen) atoms. The zero-order valence-electron chi connectivity index (χ0n) is 8.84. The van der Waals surface area contributed by atoms with Crippen LogP contribution in [0.4, 0.5) is 5.69 Å². The van der Waals surface area contributed by atoms with Crippen molar-refractivity contribution in [3.8, 4) is 0 Å². The molecule has 2 aromatic heterocycles. The average molecular weight is 268 g/mol. The van der Waals surface area contributed by atoms with Crippen LogP contribution in [0.3, 0.4) is 0 Å². The summed E-state index contributed by atoms with van der Waals surface area (Å²) in [5, 5.41) is 0.885. The van der Waals surface area contributed by atoms with E-state index in [1.807, 2.05) is 0 Å². The maximum atomic E-state index is 12.1. The topological polar surface area (TPSA) is 68.9 Å². The minimum atomic E-state index is -1.30. The largest absolute Gasteiger partial charge is 0.396 e. The first-order chi connectivity index (χ1) is 8.18. The van der Waals surface area contributed by atoms with E-state index in [2.05, 4.69) is 9.97 Å². The van der Waals surface area contributed by atoms with Gasteiger partial charge in [0.1, 0.15) is 5.03 Å². The lowest BCUT2D eigenvalue weighted by Gasteiger charge is -2.05. The third kappa shape index (κ3) is 2.81. The fourth-order valence-corrected chi connectivity index (χ4v) is 2.77. The summed E-state index contributed by atoms with van der Waals surface area (Å²) in [6.07, 6.45) is 4.70. The maximum absolute atomic E-state index is 12.1. The van der Waals surface area contributed by atoms with Gasteiger partial charge in [-0.05, 0) is 23.8 Å². The summed E-state index contributed by atoms with van der Waals surface area (Å²) in [7, 11) is -1.30. The highest BCUT2D eigenvalue weighted by Crippen LogP contribution is 2.20. The van der Waals surface area contributed by atoms with Gasteiger partial charge in [-0.15, -0.1) is 0 Å². The Kier molecular flexibility index (Phi) is 3.71. The molecule has 0 saturated carbocycles. The number of halogens is 1. The predicted octanol–water partition coefficient (Wildman–Crippen LogP) is 2.02. The van der Waals surface area contributed by atoms with Gasteiger partial charge in [-0.2, -0.15) is 0 Å². The van der Waals surface area contributed by atoms with Crippen LogP contribution in [-0.2, 0) is 16.6 Å². The van der Waals surface area contributed by atoms with Gasteiger partial charge < -0.3 is 5.73 Å². The molecule has 2 N–H and O–H groups in total. The van der Waals surface area contributed by atoms with Crippen molar-refractivity contribution in [2.45, 2.75) is 10.8 Å². The highest BCUT2D eigenvalue weighted by molar-refractivity contribution is 7.84. The number of anilines is 1. The van der Waals surface area contributed by atoms with E-state index >= 15 is 0 Å². The number of nitrogens with two attached hydrogens (primary N) is 1. The highest BCUT2D eigenvalue weighted by atomic mass is 35.5. The lowest BCUT2D eigenvalue weighted by Crippen LogP contribution is -2.03. The third-order valence-electron chi connectivity index (χ3n) is 2.16. The molecule has 88 valence electrons. The van der Waals surface area contributed by atoms with E-state index in [-0.39, 0.29) is 5.75 Å². The first-order valence-corrected chi connectivity index (χ1v) is 6.55. The Bertz CT molecular complexity index is 562. The van der Waals surface area contributed by atoms with Crippen LogP contribution in [0.5, 0.6) is 0 Å². The minimum absolute atomic E-state index is 0.280. The van der Waals surface area contributed by atoms with Gasteiger partial charge in [0.25, 0.3) is 0 Å². The van der Waals surface area contributed by atoms with Crippen molar-refractivity contribution >= 4 is 28.1 Å². The maximum Gasteiger partial charge on any atom is 0.150 e. The summed E-state index contributed by atoms with van der Waals surface area (Å²) in [6.45, 7) is 0. The van der Waals surface area contributed by atoms with Gasteiger partial charge in [0.05, 0.1) is 27.3 Å². The number of pyridine rings is 2. The molecule has 2 heterocycles. The molecule has 1 atom stereocenters. The quantitative estimate of drug-likeness (QED) is 0.924. The number of hydrogen-bond donors (Lipinski definition) is 1. The van der Waals surface area contributed by atoms with E-state index in [1.54, 1.807) is 30.6 Å². The fourth-order valence-electron chi connectivity index (χ4n) is 1.32. The Morgan fingerprint density at radius 1 is 1.35 bits per heavy atom. The molecule has 0 bridgehead atoms. The third-order valence-corrected chi connectivity index (χ3v) is 3.85. The second-order valence-corrected chi connectivity index (χ2v) is 5.13. The van der Waals surface area contributed by atoms with Crippen LogP contribution in [0.25, 0.3) is 0 Å². The number of nitrogens with zero attached hydrogens (tertiary/aromatic N) is 2. The molecule has 0 radical (unpaired) electrons. The predicted molar refractivity (Wildman–Crippen MR) is 68.0 cm³/mol. The van der Waals surface area contributed by atoms with Gasteiger partial charge in [0, 0.05) is 18.6 Å². The lowest BCUT2D eigenvalue weighted by molar-refractivity contribution is 0.680. The van der Waals surface area contributed by atoms with Crippen molar-refractivity contribution in [2.75, 3.05) is 5.73 Å². The molecule has 1 unspecified atom stereocenters. The van der Waals surface area contributed by atoms with E-state index in [9.17, 15) is 4.21 Å². The van der Waals surface area contributed by atoms with Gasteiger partial charge in [-0.25, -0.2) is 4.98 Å². The molecule has 4 nitrogen and oxygen atoms in total. The number of hydrogen-bond acceptors (Lipinski definition) is 4. The molecular formula is C11H10ClN3OS. The van der Waals surface area contributed by atoms with Gasteiger partial charge in [0.15, 0.2) is 0 Å². The lowest BCUT2D eigenvalue weighted by atomic mass is 10.3. The first kappa shape index (κ1) is 12.0. The van der Waals surface area contributed by atoms with E-state index in [0.717, 1.165) is 5.56 Å². The van der Waals surface area contributed by atoms with E-state index in [1.165, 1.54) is 6.20 Å². The first-order valence-electron chi connectivity index (χ1n) is 4.85. The van der Waals surface area contributed by atoms with E-state index in [4.69, 9.17) is 17.3 Å². The van der Waals surface area contributed by atoms with Crippen molar-refractivity contribution in [3.63, 3.8) is 0 Å². The molecule has 0 aromatic carbocycles. The molecular weight excluding hydrogens is 258 g/mol. The SMILES string of the molecule is Nc1cccnc1S(=O)Cc1ccncc1Cl. The Morgan fingerprint density at radius 2 is 2.18 bits per heavy atom. The van der Waals surface area contributed by atoms with Crippen molar-refractivity contribution < 1.29 is 4.21 Å². The molecule has 0 amide bonds. The summed E-state index contributed by atoms with van der Waals surface area (Å²) in [4.78, 5) is 7.89. The van der Waals surface area contributed by atoms with Crippen molar-refractivity contribution in [1.82, 2.24) is 9.97 Å². The van der Waals surface area contributed by atoms with Gasteiger partial charge in [-0.1, -0.05) is 11.6 Å². The van der Waals surface area contributed by atoms with Gasteiger partial charge in [0.2, 0.25) is 0 Å². The van der Waals surface area contributed by atoms with Crippen LogP contribution in [0.2, 0.25) is 5.02 Å². The number of aromatic nitrogens is 2. The Balaban J connectivity index is 2.24. The van der Waals surface area contributed by atoms with Crippen molar-refractivity contribution in [3.05, 3.63) is 47.4 Å². The average Bonchev–Trinajstić information content (AvgIpc) is 2.32. The summed E-state index contributed by atoms with van der Waals surface area (Å²) in [6, 6.07) is 5.11. The monoisotopic (exact) mass is 267 g/mol. The van der Waals surface area contributed by atoms with E-state index < -0.39 is 10.8 Å². The minimum Gasteiger partial charge on any atom is -0.396 e. The number of rotatable bonds is 3. The van der Waals surface area contributed by atoms with Crippen molar-refractivity contribution in [2.24, 2.45) is 0 Å². The van der Waals surface area contributed by atoms with Crippen LogP contribution >= 0.6 is 11.6 Å². The molecule has 0 saturated heterocycles. The molecule has 0 aliphatic carbocycles. The standard InChI is InChI=1S/C11H10ClN3OS/c12-9-6-14-5-3-8(9)7-17(16)11-10(13)2-1-4-15-11/h1-6H,7,13H2. The summed E-state index contributed by atoms with van der Waals surface area (Å²) >= 11 is 5.95. The summed E-state index contributed by atoms with van der Waals surface area (Å²) in [5.74, 6) is 0.280. The van der Waals surface area contributed by atoms with Crippen LogP contribution in [0, 0.1) is 0 Å². The van der Waals surface area contributed by atoms with E-state index in [0.29, 0.717) is 15.7 Å². The number of nitrogen functional groups attached to an aromatic ring is 1. The molecule has 0 aliphatic heterocycles. The Morgan fingerprint density at radius 3 is 2.88 bits per heavy atom. The molecule has 0 fully saturated rings. The highest BCUT2D eigenvalue weighted by Gasteiger charge is 2.11. The molecule has 6 heteroatoms. The second-order valence-electron chi connectivity index (χ2n) is 3.35. The van der Waals surface area contributed by atoms with Crippen LogP contribution in [-0.4, -0.2) is 14.2 Å². The van der Waals surface area contributed by atoms with Crippen LogP contribution < -0.4 is 5.73 Å². The van der Waals surface area contributed by atoms with Gasteiger partial charge >= 0.3 is 0 Å². The van der Waals surface area contributed by atoms with Crippen molar-refractivity contribution in [1.29, 1.82) is 0 Å². The molecule has 2 aromatic rings. The normalized spacial score (nSPS) is 12.3. The Labute approximate surface area is 106 Å². The van der Waals surface area contributed by atoms with Crippen LogP contribution in [0.15, 0.2) is 41.8 Å². The second kappa shape index (κ2) is 5.25. The zero-order chi connectivity index (χ0) is 12.3. The summed E-state index contributed by atoms with van der Waals surface area (Å²) in [5.41, 5.74) is 6.91. The molecule has 0 aliphatic rings. The Hall–Kier alpha value is -1.46. The smallest absolute Gasteiger partial charge is 0.150 e. The summed E-state index contributed by atoms with van der Waals surface area (Å²) < 4.78 is 12.1. The molecule has 2 rings (SSSR count). The van der Waals surface area contributed by atoms with Crippen LogP contribution in [0.1, 0.15) is 5.56 Å². The molecule has 0 spiro atoms. The van der Waals surface area contributed by atoms with Gasteiger partial charge in [-0.3, -0.25) is 9.19 Å². The zero-order valence-corrected chi connectivity index (χ0v) is 10.4. The fraction of sp³-hybridized carbons (Fsp3) is 0.0909.